The number of benzene rings is 1. The highest BCUT2D eigenvalue weighted by atomic mass is 79.9. The van der Waals surface area contributed by atoms with Crippen molar-refractivity contribution in [3.05, 3.63) is 29.6 Å². The van der Waals surface area contributed by atoms with Gasteiger partial charge in [0.05, 0.1) is 22.9 Å². The molecule has 1 aromatic rings. The summed E-state index contributed by atoms with van der Waals surface area (Å²) in [6, 6.07) is 4.56. The van der Waals surface area contributed by atoms with Crippen LogP contribution >= 0.6 is 15.9 Å². The number of methoxy groups -OCH3 is 1. The maximum absolute atomic E-state index is 13.7. The van der Waals surface area contributed by atoms with Crippen molar-refractivity contribution in [2.75, 3.05) is 12.9 Å². The Morgan fingerprint density at radius 2 is 2.16 bits per heavy atom. The first-order valence-corrected chi connectivity index (χ1v) is 8.78. The summed E-state index contributed by atoms with van der Waals surface area (Å²) < 4.78 is 42.6. The van der Waals surface area contributed by atoms with Crippen molar-refractivity contribution in [1.82, 2.24) is 0 Å². The Hall–Kier alpha value is -0.620. The third-order valence-corrected chi connectivity index (χ3v) is 7.25. The molecule has 1 fully saturated rings. The molecular formula is C13H16BrFO3S. The van der Waals surface area contributed by atoms with Gasteiger partial charge in [-0.05, 0) is 30.5 Å². The molecule has 0 bridgehead atoms. The molecule has 3 nitrogen and oxygen atoms in total. The third-order valence-electron chi connectivity index (χ3n) is 3.45. The van der Waals surface area contributed by atoms with Gasteiger partial charge in [0.2, 0.25) is 0 Å². The molecule has 0 aliphatic carbocycles. The van der Waals surface area contributed by atoms with Gasteiger partial charge in [0.25, 0.3) is 0 Å². The van der Waals surface area contributed by atoms with E-state index in [0.29, 0.717) is 12.0 Å². The van der Waals surface area contributed by atoms with Crippen molar-refractivity contribution in [3.63, 3.8) is 0 Å². The summed E-state index contributed by atoms with van der Waals surface area (Å²) in [7, 11) is -1.70. The summed E-state index contributed by atoms with van der Waals surface area (Å²) in [5, 5.41) is -0.478. The highest BCUT2D eigenvalue weighted by molar-refractivity contribution is 9.09. The Morgan fingerprint density at radius 1 is 1.42 bits per heavy atom. The fraction of sp³-hybridized carbons (Fsp3) is 0.538. The van der Waals surface area contributed by atoms with Crippen LogP contribution in [0.4, 0.5) is 4.39 Å². The van der Waals surface area contributed by atoms with Crippen molar-refractivity contribution in [2.45, 2.75) is 29.3 Å². The topological polar surface area (TPSA) is 43.4 Å². The second-order valence-corrected chi connectivity index (χ2v) is 8.02. The summed E-state index contributed by atoms with van der Waals surface area (Å²) in [6.07, 6.45) is 2.23. The standard InChI is InChI=1S/C13H16BrFO3S/c1-18-11-6-5-9(8-10(11)15)13(14)12-4-2-3-7-19(12,16)17/h5-6,8,12-13H,2-4,7H2,1H3. The zero-order valence-electron chi connectivity index (χ0n) is 10.6. The lowest BCUT2D eigenvalue weighted by atomic mass is 10.0. The zero-order valence-corrected chi connectivity index (χ0v) is 13.0. The van der Waals surface area contributed by atoms with E-state index >= 15 is 0 Å². The van der Waals surface area contributed by atoms with E-state index in [4.69, 9.17) is 4.74 Å². The Labute approximate surface area is 121 Å². The van der Waals surface area contributed by atoms with Gasteiger partial charge in [0.15, 0.2) is 21.4 Å². The van der Waals surface area contributed by atoms with E-state index in [1.807, 2.05) is 0 Å². The number of rotatable bonds is 3. The minimum absolute atomic E-state index is 0.162. The Bertz CT molecular complexity index is 559. The fourth-order valence-corrected chi connectivity index (χ4v) is 5.87. The third kappa shape index (κ3) is 3.11. The first-order chi connectivity index (χ1) is 8.95. The van der Waals surface area contributed by atoms with Crippen LogP contribution in [0.2, 0.25) is 0 Å². The van der Waals surface area contributed by atoms with E-state index in [-0.39, 0.29) is 16.3 Å². The van der Waals surface area contributed by atoms with Crippen LogP contribution in [0.1, 0.15) is 29.7 Å². The number of hydrogen-bond acceptors (Lipinski definition) is 3. The number of hydrogen-bond donors (Lipinski definition) is 0. The average molecular weight is 351 g/mol. The van der Waals surface area contributed by atoms with Crippen molar-refractivity contribution >= 4 is 25.8 Å². The molecule has 0 radical (unpaired) electrons. The van der Waals surface area contributed by atoms with E-state index in [0.717, 1.165) is 12.8 Å². The van der Waals surface area contributed by atoms with Crippen LogP contribution in [0.25, 0.3) is 0 Å². The van der Waals surface area contributed by atoms with Crippen molar-refractivity contribution < 1.29 is 17.5 Å². The summed E-state index contributed by atoms with van der Waals surface area (Å²) >= 11 is 3.42. The largest absolute Gasteiger partial charge is 0.494 e. The Morgan fingerprint density at radius 3 is 2.74 bits per heavy atom. The smallest absolute Gasteiger partial charge is 0.165 e. The molecule has 106 valence electrons. The molecule has 2 atom stereocenters. The molecule has 1 saturated heterocycles. The first kappa shape index (κ1) is 14.8. The average Bonchev–Trinajstić information content (AvgIpc) is 2.37. The lowest BCUT2D eigenvalue weighted by molar-refractivity contribution is 0.386. The first-order valence-electron chi connectivity index (χ1n) is 6.15. The molecule has 1 aromatic carbocycles. The van der Waals surface area contributed by atoms with E-state index in [9.17, 15) is 12.8 Å². The number of alkyl halides is 1. The molecule has 1 heterocycles. The summed E-state index contributed by atoms with van der Waals surface area (Å²) in [4.78, 5) is -0.377. The van der Waals surface area contributed by atoms with Gasteiger partial charge >= 0.3 is 0 Å². The van der Waals surface area contributed by atoms with Crippen molar-refractivity contribution in [1.29, 1.82) is 0 Å². The SMILES string of the molecule is COc1ccc(C(Br)C2CCCCS2(=O)=O)cc1F. The molecule has 1 aliphatic rings. The highest BCUT2D eigenvalue weighted by Crippen LogP contribution is 2.37. The normalized spacial score (nSPS) is 23.8. The van der Waals surface area contributed by atoms with E-state index < -0.39 is 20.9 Å². The quantitative estimate of drug-likeness (QED) is 0.786. The van der Waals surface area contributed by atoms with Crippen LogP contribution in [0.15, 0.2) is 18.2 Å². The van der Waals surface area contributed by atoms with Crippen LogP contribution in [-0.4, -0.2) is 26.5 Å². The molecule has 0 spiro atoms. The maximum atomic E-state index is 13.7. The van der Waals surface area contributed by atoms with E-state index in [1.165, 1.54) is 19.2 Å². The van der Waals surface area contributed by atoms with Crippen LogP contribution in [0, 0.1) is 5.82 Å². The van der Waals surface area contributed by atoms with Crippen LogP contribution < -0.4 is 4.74 Å². The molecule has 0 amide bonds. The van der Waals surface area contributed by atoms with Gasteiger partial charge in [-0.15, -0.1) is 0 Å². The van der Waals surface area contributed by atoms with Gasteiger partial charge in [-0.25, -0.2) is 12.8 Å². The maximum Gasteiger partial charge on any atom is 0.165 e. The molecule has 2 rings (SSSR count). The second kappa shape index (κ2) is 5.79. The van der Waals surface area contributed by atoms with Gasteiger partial charge in [-0.3, -0.25) is 0 Å². The minimum Gasteiger partial charge on any atom is -0.494 e. The predicted molar refractivity (Wildman–Crippen MR) is 76.0 cm³/mol. The molecule has 0 aromatic heterocycles. The van der Waals surface area contributed by atoms with Gasteiger partial charge in [-0.1, -0.05) is 28.4 Å². The molecule has 0 N–H and O–H groups in total. The lowest BCUT2D eigenvalue weighted by Gasteiger charge is -2.26. The molecule has 6 heteroatoms. The van der Waals surface area contributed by atoms with Crippen molar-refractivity contribution in [3.8, 4) is 5.75 Å². The zero-order chi connectivity index (χ0) is 14.0. The van der Waals surface area contributed by atoms with Crippen LogP contribution in [-0.2, 0) is 9.84 Å². The molecule has 1 aliphatic heterocycles. The Kier molecular flexibility index (Phi) is 4.50. The van der Waals surface area contributed by atoms with Gasteiger partial charge < -0.3 is 4.74 Å². The fourth-order valence-electron chi connectivity index (χ4n) is 2.38. The number of ether oxygens (including phenoxy) is 1. The van der Waals surface area contributed by atoms with Gasteiger partial charge in [0.1, 0.15) is 0 Å². The summed E-state index contributed by atoms with van der Waals surface area (Å²) in [5.74, 6) is -0.0918. The summed E-state index contributed by atoms with van der Waals surface area (Å²) in [6.45, 7) is 0. The molecule has 0 saturated carbocycles. The van der Waals surface area contributed by atoms with E-state index in [2.05, 4.69) is 15.9 Å². The second-order valence-electron chi connectivity index (χ2n) is 4.70. The minimum atomic E-state index is -3.10. The van der Waals surface area contributed by atoms with E-state index in [1.54, 1.807) is 6.07 Å². The number of halogens is 2. The molecular weight excluding hydrogens is 335 g/mol. The monoisotopic (exact) mass is 350 g/mol. The lowest BCUT2D eigenvalue weighted by Crippen LogP contribution is -2.31. The molecule has 2 unspecified atom stereocenters. The predicted octanol–water partition coefficient (Wildman–Crippen LogP) is 3.24. The van der Waals surface area contributed by atoms with Crippen LogP contribution in [0.3, 0.4) is 0 Å². The van der Waals surface area contributed by atoms with Crippen molar-refractivity contribution in [2.24, 2.45) is 0 Å². The van der Waals surface area contributed by atoms with Gasteiger partial charge in [-0.2, -0.15) is 0 Å². The molecule has 19 heavy (non-hydrogen) atoms. The highest BCUT2D eigenvalue weighted by Gasteiger charge is 2.35. The number of sulfone groups is 1. The van der Waals surface area contributed by atoms with Gasteiger partial charge in [0, 0.05) is 0 Å². The van der Waals surface area contributed by atoms with Crippen LogP contribution in [0.5, 0.6) is 5.75 Å². The summed E-state index contributed by atoms with van der Waals surface area (Å²) in [5.41, 5.74) is 0.633. The Balaban J connectivity index is 2.28.